The summed E-state index contributed by atoms with van der Waals surface area (Å²) in [7, 11) is 0. The van der Waals surface area contributed by atoms with E-state index in [1.807, 2.05) is 6.20 Å². The van der Waals surface area contributed by atoms with E-state index in [1.54, 1.807) is 11.3 Å². The molecule has 4 nitrogen and oxygen atoms in total. The molecule has 0 aliphatic carbocycles. The van der Waals surface area contributed by atoms with Crippen molar-refractivity contribution < 1.29 is 0 Å². The third-order valence-corrected chi connectivity index (χ3v) is 3.91. The molecule has 0 aliphatic rings. The summed E-state index contributed by atoms with van der Waals surface area (Å²) in [5.41, 5.74) is 0. The van der Waals surface area contributed by atoms with Crippen LogP contribution in [-0.4, -0.2) is 23.5 Å². The van der Waals surface area contributed by atoms with Crippen molar-refractivity contribution >= 4 is 17.3 Å². The van der Waals surface area contributed by atoms with Crippen LogP contribution in [-0.2, 0) is 6.54 Å². The van der Waals surface area contributed by atoms with Gasteiger partial charge in [-0.25, -0.2) is 9.98 Å². The fraction of sp³-hybridized carbons (Fsp3) is 0.733. The van der Waals surface area contributed by atoms with Gasteiger partial charge in [-0.15, -0.1) is 11.3 Å². The van der Waals surface area contributed by atoms with Gasteiger partial charge in [-0.2, -0.15) is 0 Å². The maximum atomic E-state index is 4.61. The molecule has 1 unspecified atom stereocenters. The van der Waals surface area contributed by atoms with E-state index in [9.17, 15) is 0 Å². The summed E-state index contributed by atoms with van der Waals surface area (Å²) in [6.45, 7) is 10.1. The number of nitrogens with zero attached hydrogens (tertiary/aromatic N) is 2. The molecule has 1 atom stereocenters. The molecule has 1 aromatic heterocycles. The first-order valence-corrected chi connectivity index (χ1v) is 8.43. The zero-order chi connectivity index (χ0) is 14.8. The Hall–Kier alpha value is -1.10. The van der Waals surface area contributed by atoms with Crippen molar-refractivity contribution in [1.82, 2.24) is 15.6 Å². The van der Waals surface area contributed by atoms with Crippen molar-refractivity contribution in [3.8, 4) is 0 Å². The standard InChI is InChI=1S/C15H28N4S/c1-5-7-8-9-12(3)19-15(16-6-2)18-11-14-17-10-13(4)20-14/h10,12H,5-9,11H2,1-4H3,(H2,16,18,19). The predicted octanol–water partition coefficient (Wildman–Crippen LogP) is 3.48. The van der Waals surface area contributed by atoms with Gasteiger partial charge in [0.1, 0.15) is 5.01 Å². The molecular formula is C15H28N4S. The number of guanidine groups is 1. The molecule has 0 aromatic carbocycles. The van der Waals surface area contributed by atoms with Gasteiger partial charge >= 0.3 is 0 Å². The van der Waals surface area contributed by atoms with E-state index in [4.69, 9.17) is 0 Å². The normalized spacial score (nSPS) is 13.3. The Bertz CT molecular complexity index is 400. The SMILES string of the molecule is CCCCCC(C)NC(=NCc1ncc(C)s1)NCC. The zero-order valence-electron chi connectivity index (χ0n) is 13.2. The highest BCUT2D eigenvalue weighted by Gasteiger charge is 2.05. The molecule has 5 heteroatoms. The van der Waals surface area contributed by atoms with Crippen LogP contribution >= 0.6 is 11.3 Å². The molecule has 0 saturated heterocycles. The summed E-state index contributed by atoms with van der Waals surface area (Å²) in [6.07, 6.45) is 6.94. The number of hydrogen-bond acceptors (Lipinski definition) is 3. The van der Waals surface area contributed by atoms with Crippen LogP contribution in [0.1, 0.15) is 56.3 Å². The lowest BCUT2D eigenvalue weighted by Crippen LogP contribution is -2.42. The van der Waals surface area contributed by atoms with Crippen LogP contribution < -0.4 is 10.6 Å². The van der Waals surface area contributed by atoms with E-state index in [-0.39, 0.29) is 0 Å². The predicted molar refractivity (Wildman–Crippen MR) is 88.4 cm³/mol. The fourth-order valence-electron chi connectivity index (χ4n) is 1.95. The lowest BCUT2D eigenvalue weighted by atomic mass is 10.1. The average Bonchev–Trinajstić information content (AvgIpc) is 2.82. The van der Waals surface area contributed by atoms with Gasteiger partial charge in [-0.3, -0.25) is 0 Å². The second kappa shape index (κ2) is 9.75. The van der Waals surface area contributed by atoms with Crippen molar-refractivity contribution in [1.29, 1.82) is 0 Å². The molecule has 0 spiro atoms. The summed E-state index contributed by atoms with van der Waals surface area (Å²) in [4.78, 5) is 10.2. The van der Waals surface area contributed by atoms with Gasteiger partial charge in [0.25, 0.3) is 0 Å². The summed E-state index contributed by atoms with van der Waals surface area (Å²) < 4.78 is 0. The third kappa shape index (κ3) is 6.89. The minimum absolute atomic E-state index is 0.456. The molecule has 1 rings (SSSR count). The highest BCUT2D eigenvalue weighted by molar-refractivity contribution is 7.11. The maximum absolute atomic E-state index is 4.61. The van der Waals surface area contributed by atoms with Crippen LogP contribution in [0.4, 0.5) is 0 Å². The number of unbranched alkanes of at least 4 members (excludes halogenated alkanes) is 2. The first-order chi connectivity index (χ1) is 9.65. The Morgan fingerprint density at radius 1 is 1.40 bits per heavy atom. The highest BCUT2D eigenvalue weighted by atomic mass is 32.1. The molecule has 0 fully saturated rings. The molecule has 1 aromatic rings. The van der Waals surface area contributed by atoms with Gasteiger partial charge in [0.15, 0.2) is 5.96 Å². The highest BCUT2D eigenvalue weighted by Crippen LogP contribution is 2.11. The fourth-order valence-corrected chi connectivity index (χ4v) is 2.66. The number of rotatable bonds is 8. The second-order valence-corrected chi connectivity index (χ2v) is 6.42. The van der Waals surface area contributed by atoms with Gasteiger partial charge in [0.05, 0.1) is 6.54 Å². The molecule has 20 heavy (non-hydrogen) atoms. The summed E-state index contributed by atoms with van der Waals surface area (Å²) in [5, 5.41) is 7.83. The first kappa shape index (κ1) is 17.0. The quantitative estimate of drug-likeness (QED) is 0.439. The van der Waals surface area contributed by atoms with E-state index < -0.39 is 0 Å². The molecule has 0 amide bonds. The topological polar surface area (TPSA) is 49.3 Å². The van der Waals surface area contributed by atoms with Crippen molar-refractivity contribution in [2.24, 2.45) is 4.99 Å². The van der Waals surface area contributed by atoms with E-state index >= 15 is 0 Å². The molecule has 2 N–H and O–H groups in total. The number of thiazole rings is 1. The maximum Gasteiger partial charge on any atom is 0.191 e. The number of aliphatic imine (C=N–C) groups is 1. The number of aryl methyl sites for hydroxylation is 1. The van der Waals surface area contributed by atoms with Gasteiger partial charge in [0, 0.05) is 23.7 Å². The number of nitrogens with one attached hydrogen (secondary N) is 2. The Balaban J connectivity index is 2.45. The number of hydrogen-bond donors (Lipinski definition) is 2. The van der Waals surface area contributed by atoms with E-state index in [2.05, 4.69) is 48.3 Å². The lowest BCUT2D eigenvalue weighted by Gasteiger charge is -2.17. The van der Waals surface area contributed by atoms with Crippen molar-refractivity contribution in [3.05, 3.63) is 16.1 Å². The summed E-state index contributed by atoms with van der Waals surface area (Å²) in [6, 6.07) is 0.456. The smallest absolute Gasteiger partial charge is 0.191 e. The zero-order valence-corrected chi connectivity index (χ0v) is 14.0. The largest absolute Gasteiger partial charge is 0.357 e. The summed E-state index contributed by atoms with van der Waals surface area (Å²) >= 11 is 1.71. The average molecular weight is 296 g/mol. The van der Waals surface area contributed by atoms with Crippen LogP contribution in [0.3, 0.4) is 0 Å². The van der Waals surface area contributed by atoms with E-state index in [1.165, 1.54) is 30.6 Å². The Labute approximate surface area is 127 Å². The van der Waals surface area contributed by atoms with Gasteiger partial charge in [-0.05, 0) is 27.2 Å². The molecular weight excluding hydrogens is 268 g/mol. The van der Waals surface area contributed by atoms with Gasteiger partial charge in [0.2, 0.25) is 0 Å². The van der Waals surface area contributed by atoms with Crippen LogP contribution in [0.15, 0.2) is 11.2 Å². The molecule has 0 radical (unpaired) electrons. The minimum atomic E-state index is 0.456. The molecule has 0 saturated carbocycles. The molecule has 114 valence electrons. The minimum Gasteiger partial charge on any atom is -0.357 e. The monoisotopic (exact) mass is 296 g/mol. The molecule has 0 bridgehead atoms. The van der Waals surface area contributed by atoms with Crippen molar-refractivity contribution in [3.63, 3.8) is 0 Å². The van der Waals surface area contributed by atoms with E-state index in [0.717, 1.165) is 17.5 Å². The third-order valence-electron chi connectivity index (χ3n) is 3.01. The Morgan fingerprint density at radius 2 is 2.20 bits per heavy atom. The summed E-state index contributed by atoms with van der Waals surface area (Å²) in [5.74, 6) is 0.893. The molecule has 1 heterocycles. The second-order valence-electron chi connectivity index (χ2n) is 5.10. The van der Waals surface area contributed by atoms with Crippen LogP contribution in [0, 0.1) is 6.92 Å². The lowest BCUT2D eigenvalue weighted by molar-refractivity contribution is 0.547. The van der Waals surface area contributed by atoms with Gasteiger partial charge in [-0.1, -0.05) is 26.2 Å². The Morgan fingerprint density at radius 3 is 2.80 bits per heavy atom. The van der Waals surface area contributed by atoms with Crippen LogP contribution in [0.2, 0.25) is 0 Å². The Kier molecular flexibility index (Phi) is 8.26. The first-order valence-electron chi connectivity index (χ1n) is 7.61. The van der Waals surface area contributed by atoms with Crippen LogP contribution in [0.5, 0.6) is 0 Å². The number of aromatic nitrogens is 1. The van der Waals surface area contributed by atoms with Crippen LogP contribution in [0.25, 0.3) is 0 Å². The molecule has 0 aliphatic heterocycles. The van der Waals surface area contributed by atoms with Gasteiger partial charge < -0.3 is 10.6 Å². The van der Waals surface area contributed by atoms with E-state index in [0.29, 0.717) is 12.6 Å². The van der Waals surface area contributed by atoms with Crippen molar-refractivity contribution in [2.75, 3.05) is 6.54 Å². The van der Waals surface area contributed by atoms with Crippen molar-refractivity contribution in [2.45, 2.75) is 66.0 Å².